The van der Waals surface area contributed by atoms with E-state index in [0.29, 0.717) is 16.9 Å². The number of carbonyl (C=O) groups excluding carboxylic acids is 2. The number of aryl methyl sites for hydroxylation is 1. The number of hydrogen-bond donors (Lipinski definition) is 0. The predicted molar refractivity (Wildman–Crippen MR) is 72.4 cm³/mol. The molecule has 0 heterocycles. The van der Waals surface area contributed by atoms with E-state index >= 15 is 0 Å². The van der Waals surface area contributed by atoms with Crippen molar-refractivity contribution in [2.45, 2.75) is 13.8 Å². The SMILES string of the molecule is CC(=O)Oc1ccccc1C(=O)c1ccccc1C. The minimum absolute atomic E-state index is 0.144. The number of carbonyl (C=O) groups is 2. The third kappa shape index (κ3) is 2.88. The molecular formula is C16H14O3. The first kappa shape index (κ1) is 13.0. The molecule has 0 bridgehead atoms. The normalized spacial score (nSPS) is 10.0. The highest BCUT2D eigenvalue weighted by atomic mass is 16.5. The number of para-hydroxylation sites is 1. The van der Waals surface area contributed by atoms with E-state index in [1.165, 1.54) is 6.92 Å². The molecule has 0 spiro atoms. The molecule has 0 saturated heterocycles. The molecule has 2 aromatic carbocycles. The summed E-state index contributed by atoms with van der Waals surface area (Å²) in [7, 11) is 0. The third-order valence-electron chi connectivity index (χ3n) is 2.78. The van der Waals surface area contributed by atoms with Crippen LogP contribution < -0.4 is 4.74 Å². The van der Waals surface area contributed by atoms with Gasteiger partial charge >= 0.3 is 5.97 Å². The molecule has 0 aromatic heterocycles. The largest absolute Gasteiger partial charge is 0.426 e. The Kier molecular flexibility index (Phi) is 3.76. The summed E-state index contributed by atoms with van der Waals surface area (Å²) in [5.74, 6) is -0.289. The highest BCUT2D eigenvalue weighted by Gasteiger charge is 2.16. The van der Waals surface area contributed by atoms with Gasteiger partial charge in [-0.05, 0) is 24.6 Å². The lowest BCUT2D eigenvalue weighted by atomic mass is 9.98. The minimum atomic E-state index is -0.440. The van der Waals surface area contributed by atoms with Crippen molar-refractivity contribution in [1.29, 1.82) is 0 Å². The van der Waals surface area contributed by atoms with Gasteiger partial charge in [-0.3, -0.25) is 9.59 Å². The second-order valence-electron chi connectivity index (χ2n) is 4.23. The summed E-state index contributed by atoms with van der Waals surface area (Å²) < 4.78 is 5.07. The van der Waals surface area contributed by atoms with Gasteiger partial charge in [0.1, 0.15) is 5.75 Å². The van der Waals surface area contributed by atoms with Gasteiger partial charge in [-0.15, -0.1) is 0 Å². The van der Waals surface area contributed by atoms with Gasteiger partial charge in [0, 0.05) is 12.5 Å². The molecule has 0 aliphatic rings. The Hall–Kier alpha value is -2.42. The van der Waals surface area contributed by atoms with Crippen LogP contribution in [0.2, 0.25) is 0 Å². The first-order valence-electron chi connectivity index (χ1n) is 5.97. The van der Waals surface area contributed by atoms with Gasteiger partial charge in [0.15, 0.2) is 5.78 Å². The van der Waals surface area contributed by atoms with E-state index in [1.807, 2.05) is 25.1 Å². The van der Waals surface area contributed by atoms with Crippen LogP contribution in [0.25, 0.3) is 0 Å². The van der Waals surface area contributed by atoms with E-state index in [2.05, 4.69) is 0 Å². The summed E-state index contributed by atoms with van der Waals surface area (Å²) in [5, 5.41) is 0. The molecule has 0 fully saturated rings. The molecule has 0 atom stereocenters. The van der Waals surface area contributed by atoms with E-state index in [0.717, 1.165) is 5.56 Å². The summed E-state index contributed by atoms with van der Waals surface area (Å²) in [4.78, 5) is 23.5. The third-order valence-corrected chi connectivity index (χ3v) is 2.78. The lowest BCUT2D eigenvalue weighted by Gasteiger charge is -2.09. The van der Waals surface area contributed by atoms with Gasteiger partial charge in [0.25, 0.3) is 0 Å². The summed E-state index contributed by atoms with van der Waals surface area (Å²) in [6.07, 6.45) is 0. The molecule has 0 unspecified atom stereocenters. The predicted octanol–water partition coefficient (Wildman–Crippen LogP) is 3.15. The van der Waals surface area contributed by atoms with Crippen LogP contribution in [0.4, 0.5) is 0 Å². The highest BCUT2D eigenvalue weighted by molar-refractivity contribution is 6.11. The van der Waals surface area contributed by atoms with Crippen LogP contribution in [0.5, 0.6) is 5.75 Å². The fraction of sp³-hybridized carbons (Fsp3) is 0.125. The molecule has 0 N–H and O–H groups in total. The lowest BCUT2D eigenvalue weighted by Crippen LogP contribution is -2.09. The van der Waals surface area contributed by atoms with Gasteiger partial charge in [-0.25, -0.2) is 0 Å². The topological polar surface area (TPSA) is 43.4 Å². The monoisotopic (exact) mass is 254 g/mol. The van der Waals surface area contributed by atoms with Gasteiger partial charge in [-0.2, -0.15) is 0 Å². The highest BCUT2D eigenvalue weighted by Crippen LogP contribution is 2.23. The maximum absolute atomic E-state index is 12.5. The zero-order chi connectivity index (χ0) is 13.8. The molecule has 0 aliphatic heterocycles. The van der Waals surface area contributed by atoms with Gasteiger partial charge in [-0.1, -0.05) is 36.4 Å². The van der Waals surface area contributed by atoms with Crippen LogP contribution in [0.1, 0.15) is 28.4 Å². The summed E-state index contributed by atoms with van der Waals surface area (Å²) in [6.45, 7) is 3.19. The van der Waals surface area contributed by atoms with Crippen LogP contribution in [-0.4, -0.2) is 11.8 Å². The van der Waals surface area contributed by atoms with Crippen LogP contribution in [0.3, 0.4) is 0 Å². The fourth-order valence-electron chi connectivity index (χ4n) is 1.87. The van der Waals surface area contributed by atoms with Crippen molar-refractivity contribution in [3.05, 3.63) is 65.2 Å². The zero-order valence-electron chi connectivity index (χ0n) is 10.8. The Balaban J connectivity index is 2.45. The number of ether oxygens (including phenoxy) is 1. The zero-order valence-corrected chi connectivity index (χ0v) is 10.8. The number of ketones is 1. The van der Waals surface area contributed by atoms with E-state index in [4.69, 9.17) is 4.74 Å². The number of rotatable bonds is 3. The molecule has 3 nitrogen and oxygen atoms in total. The van der Waals surface area contributed by atoms with Crippen molar-refractivity contribution < 1.29 is 14.3 Å². The van der Waals surface area contributed by atoms with E-state index in [1.54, 1.807) is 30.3 Å². The van der Waals surface area contributed by atoms with Crippen LogP contribution >= 0.6 is 0 Å². The molecule has 0 saturated carbocycles. The average molecular weight is 254 g/mol. The smallest absolute Gasteiger partial charge is 0.308 e. The van der Waals surface area contributed by atoms with Gasteiger partial charge in [0.2, 0.25) is 0 Å². The van der Waals surface area contributed by atoms with Crippen molar-refractivity contribution in [3.8, 4) is 5.75 Å². The molecule has 96 valence electrons. The summed E-state index contributed by atoms with van der Waals surface area (Å²) in [6, 6.07) is 14.1. The van der Waals surface area contributed by atoms with Crippen LogP contribution in [-0.2, 0) is 4.79 Å². The van der Waals surface area contributed by atoms with Gasteiger partial charge in [0.05, 0.1) is 5.56 Å². The van der Waals surface area contributed by atoms with E-state index < -0.39 is 5.97 Å². The molecule has 2 aromatic rings. The molecule has 0 aliphatic carbocycles. The molecule has 0 amide bonds. The number of hydrogen-bond acceptors (Lipinski definition) is 3. The fourth-order valence-corrected chi connectivity index (χ4v) is 1.87. The second-order valence-corrected chi connectivity index (χ2v) is 4.23. The van der Waals surface area contributed by atoms with E-state index in [-0.39, 0.29) is 5.78 Å². The maximum atomic E-state index is 12.5. The summed E-state index contributed by atoms with van der Waals surface area (Å²) >= 11 is 0. The van der Waals surface area contributed by atoms with Crippen LogP contribution in [0, 0.1) is 6.92 Å². The Labute approximate surface area is 111 Å². The quantitative estimate of drug-likeness (QED) is 0.480. The Morgan fingerprint density at radius 1 is 0.895 bits per heavy atom. The standard InChI is InChI=1S/C16H14O3/c1-11-7-3-4-8-13(11)16(18)14-9-5-6-10-15(14)19-12(2)17/h3-10H,1-2H3. The second kappa shape index (κ2) is 5.48. The minimum Gasteiger partial charge on any atom is -0.426 e. The first-order chi connectivity index (χ1) is 9.09. The number of benzene rings is 2. The molecular weight excluding hydrogens is 240 g/mol. The molecule has 0 radical (unpaired) electrons. The molecule has 19 heavy (non-hydrogen) atoms. The van der Waals surface area contributed by atoms with Crippen molar-refractivity contribution in [1.82, 2.24) is 0 Å². The van der Waals surface area contributed by atoms with Crippen LogP contribution in [0.15, 0.2) is 48.5 Å². The number of esters is 1. The lowest BCUT2D eigenvalue weighted by molar-refractivity contribution is -0.131. The van der Waals surface area contributed by atoms with Crippen molar-refractivity contribution in [2.24, 2.45) is 0 Å². The van der Waals surface area contributed by atoms with E-state index in [9.17, 15) is 9.59 Å². The Morgan fingerprint density at radius 3 is 2.11 bits per heavy atom. The summed E-state index contributed by atoms with van der Waals surface area (Å²) in [5.41, 5.74) is 1.90. The maximum Gasteiger partial charge on any atom is 0.308 e. The Morgan fingerprint density at radius 2 is 1.47 bits per heavy atom. The van der Waals surface area contributed by atoms with Crippen molar-refractivity contribution >= 4 is 11.8 Å². The average Bonchev–Trinajstić information content (AvgIpc) is 2.38. The first-order valence-corrected chi connectivity index (χ1v) is 5.97. The Bertz CT molecular complexity index is 629. The van der Waals surface area contributed by atoms with Gasteiger partial charge < -0.3 is 4.74 Å². The van der Waals surface area contributed by atoms with Crippen molar-refractivity contribution in [3.63, 3.8) is 0 Å². The molecule has 2 rings (SSSR count). The molecule has 3 heteroatoms. The van der Waals surface area contributed by atoms with Crippen molar-refractivity contribution in [2.75, 3.05) is 0 Å².